The van der Waals surface area contributed by atoms with Crippen LogP contribution in [0.4, 0.5) is 0 Å². The fraction of sp³-hybridized carbons (Fsp3) is 0.857. The number of aliphatic hydroxyl groups excluding tert-OH is 2. The minimum Gasteiger partial charge on any atom is -0.391 e. The number of Topliss-reactive ketones (excluding diaryl/α,β-unsaturated/α-hetero) is 1. The van der Waals surface area contributed by atoms with Gasteiger partial charge in [0.15, 0.2) is 5.78 Å². The van der Waals surface area contributed by atoms with Gasteiger partial charge >= 0.3 is 0 Å². The number of carbonyl (C=O) groups is 1. The van der Waals surface area contributed by atoms with Crippen molar-refractivity contribution in [3.8, 4) is 0 Å². The predicted molar refractivity (Wildman–Crippen MR) is 104 cm³/mol. The molecular formula is C21H30O8S. The van der Waals surface area contributed by atoms with Gasteiger partial charge < -0.3 is 20.1 Å². The molecule has 9 atom stereocenters. The summed E-state index contributed by atoms with van der Waals surface area (Å²) in [5.74, 6) is -4.41. The first kappa shape index (κ1) is 21.0. The molecule has 2 saturated heterocycles. The van der Waals surface area contributed by atoms with E-state index in [2.05, 4.69) is 6.58 Å². The molecule has 4 bridgehead atoms. The highest BCUT2D eigenvalue weighted by molar-refractivity contribution is 7.86. The summed E-state index contributed by atoms with van der Waals surface area (Å²) in [6.45, 7) is 7.79. The van der Waals surface area contributed by atoms with Crippen molar-refractivity contribution in [2.75, 3.05) is 12.9 Å². The Morgan fingerprint density at radius 2 is 1.83 bits per heavy atom. The highest BCUT2D eigenvalue weighted by Crippen LogP contribution is 2.76. The lowest BCUT2D eigenvalue weighted by Crippen LogP contribution is -2.85. The molecule has 6 rings (SSSR count). The average Bonchev–Trinajstić information content (AvgIpc) is 2.74. The fourth-order valence-corrected chi connectivity index (χ4v) is 8.92. The lowest BCUT2D eigenvalue weighted by molar-refractivity contribution is -0.457. The fourth-order valence-electron chi connectivity index (χ4n) is 8.22. The van der Waals surface area contributed by atoms with Crippen LogP contribution < -0.4 is 0 Å². The Balaban J connectivity index is 1.79. The zero-order valence-electron chi connectivity index (χ0n) is 17.5. The summed E-state index contributed by atoms with van der Waals surface area (Å²) < 4.78 is 35.7. The monoisotopic (exact) mass is 442 g/mol. The quantitative estimate of drug-likeness (QED) is 0.413. The summed E-state index contributed by atoms with van der Waals surface area (Å²) in [7, 11) is -3.83. The number of carbonyl (C=O) groups excluding carboxylic acids is 1. The average molecular weight is 443 g/mol. The molecular weight excluding hydrogens is 412 g/mol. The predicted octanol–water partition coefficient (Wildman–Crippen LogP) is 0.359. The van der Waals surface area contributed by atoms with Gasteiger partial charge in [-0.25, -0.2) is 0 Å². The van der Waals surface area contributed by atoms with E-state index in [4.69, 9.17) is 8.92 Å². The molecule has 9 heteroatoms. The van der Waals surface area contributed by atoms with Gasteiger partial charge in [-0.15, -0.1) is 0 Å². The first-order valence-corrected chi connectivity index (χ1v) is 12.4. The summed E-state index contributed by atoms with van der Waals surface area (Å²) >= 11 is 0. The van der Waals surface area contributed by atoms with E-state index in [0.717, 1.165) is 6.26 Å². The number of fused-ring (bicyclic) bond motifs is 2. The Kier molecular flexibility index (Phi) is 4.02. The molecule has 4 saturated carbocycles. The Morgan fingerprint density at radius 3 is 2.47 bits per heavy atom. The SMILES string of the molecule is C=C1C(=O)C23C(O)[C@H]1CC[C@H]2[C@@]12CO[C@]3(O)[C@@H](O)[C@@H]1C(C)(C)CC[C@@H]2OS(C)(=O)=O. The van der Waals surface area contributed by atoms with Gasteiger partial charge in [-0.05, 0) is 42.6 Å². The van der Waals surface area contributed by atoms with E-state index >= 15 is 0 Å². The third kappa shape index (κ3) is 2.05. The Bertz CT molecular complexity index is 943. The molecule has 0 aromatic heterocycles. The molecule has 0 aromatic rings. The van der Waals surface area contributed by atoms with Crippen LogP contribution in [0.1, 0.15) is 39.5 Å². The van der Waals surface area contributed by atoms with Crippen LogP contribution in [-0.2, 0) is 23.8 Å². The Morgan fingerprint density at radius 1 is 1.17 bits per heavy atom. The first-order chi connectivity index (χ1) is 13.7. The second-order valence-electron chi connectivity index (χ2n) is 10.7. The first-order valence-electron chi connectivity index (χ1n) is 10.6. The van der Waals surface area contributed by atoms with E-state index in [0.29, 0.717) is 25.7 Å². The minimum atomic E-state index is -3.83. The third-order valence-corrected chi connectivity index (χ3v) is 9.72. The number of aliphatic hydroxyl groups is 3. The maximum Gasteiger partial charge on any atom is 0.264 e. The normalized spacial score (nSPS) is 54.1. The zero-order valence-corrected chi connectivity index (χ0v) is 18.3. The van der Waals surface area contributed by atoms with E-state index in [1.807, 2.05) is 13.8 Å². The van der Waals surface area contributed by atoms with Gasteiger partial charge in [-0.2, -0.15) is 8.42 Å². The van der Waals surface area contributed by atoms with Crippen molar-refractivity contribution in [2.45, 2.75) is 63.6 Å². The molecule has 168 valence electrons. The van der Waals surface area contributed by atoms with Gasteiger partial charge in [0, 0.05) is 17.3 Å². The van der Waals surface area contributed by atoms with E-state index in [1.165, 1.54) is 0 Å². The van der Waals surface area contributed by atoms with E-state index in [-0.39, 0.29) is 12.2 Å². The lowest BCUT2D eigenvalue weighted by Gasteiger charge is -2.74. The highest BCUT2D eigenvalue weighted by atomic mass is 32.2. The van der Waals surface area contributed by atoms with Crippen LogP contribution in [0.15, 0.2) is 12.2 Å². The van der Waals surface area contributed by atoms with Crippen LogP contribution in [0, 0.1) is 34.0 Å². The Labute approximate surface area is 176 Å². The molecule has 2 heterocycles. The van der Waals surface area contributed by atoms with Crippen LogP contribution in [0.3, 0.4) is 0 Å². The largest absolute Gasteiger partial charge is 0.391 e. The van der Waals surface area contributed by atoms with Crippen LogP contribution >= 0.6 is 0 Å². The van der Waals surface area contributed by atoms with Gasteiger partial charge in [0.05, 0.1) is 25.1 Å². The van der Waals surface area contributed by atoms with E-state index < -0.39 is 74.0 Å². The number of ketones is 1. The van der Waals surface area contributed by atoms with E-state index in [9.17, 15) is 28.5 Å². The smallest absolute Gasteiger partial charge is 0.264 e. The van der Waals surface area contributed by atoms with Gasteiger partial charge in [0.2, 0.25) is 5.79 Å². The van der Waals surface area contributed by atoms with Crippen LogP contribution in [-0.4, -0.2) is 66.5 Å². The molecule has 4 aliphatic carbocycles. The van der Waals surface area contributed by atoms with Crippen LogP contribution in [0.5, 0.6) is 0 Å². The molecule has 0 amide bonds. The number of hydrogen-bond acceptors (Lipinski definition) is 8. The number of hydrogen-bond donors (Lipinski definition) is 3. The molecule has 6 fully saturated rings. The van der Waals surface area contributed by atoms with Crippen molar-refractivity contribution in [3.05, 3.63) is 12.2 Å². The zero-order chi connectivity index (χ0) is 22.1. The van der Waals surface area contributed by atoms with Gasteiger partial charge in [0.1, 0.15) is 11.5 Å². The number of rotatable bonds is 2. The summed E-state index contributed by atoms with van der Waals surface area (Å²) in [4.78, 5) is 13.5. The summed E-state index contributed by atoms with van der Waals surface area (Å²) in [5, 5.41) is 34.5. The lowest BCUT2D eigenvalue weighted by atomic mass is 9.35. The van der Waals surface area contributed by atoms with Crippen molar-refractivity contribution in [1.29, 1.82) is 0 Å². The van der Waals surface area contributed by atoms with Crippen molar-refractivity contribution in [3.63, 3.8) is 0 Å². The second-order valence-corrected chi connectivity index (χ2v) is 12.3. The molecule has 0 radical (unpaired) electrons. The standard InChI is InChI=1S/C21H30O8S/c1-10-11-5-6-12-19-9-28-21(25,20(12,15(10)22)16(11)23)17(24)14(19)18(2,3)8-7-13(19)29-30(4,26)27/h11-14,16-17,23-25H,1,5-9H2,2-4H3/t11-,12-,13-,14+,16?,17-,19+,20?,21+/m0/s1. The molecule has 2 unspecified atom stereocenters. The molecule has 8 nitrogen and oxygen atoms in total. The molecule has 2 spiro atoms. The Hall–Kier alpha value is -0.840. The summed E-state index contributed by atoms with van der Waals surface area (Å²) in [5.41, 5.74) is -3.03. The minimum absolute atomic E-state index is 0.0433. The van der Waals surface area contributed by atoms with Crippen LogP contribution in [0.25, 0.3) is 0 Å². The maximum atomic E-state index is 13.5. The summed E-state index contributed by atoms with van der Waals surface area (Å²) in [6, 6.07) is 0. The maximum absolute atomic E-state index is 13.5. The molecule has 30 heavy (non-hydrogen) atoms. The molecule has 3 N–H and O–H groups in total. The topological polar surface area (TPSA) is 130 Å². The molecule has 0 aromatic carbocycles. The van der Waals surface area contributed by atoms with Gasteiger partial charge in [-0.1, -0.05) is 20.4 Å². The third-order valence-electron chi connectivity index (χ3n) is 9.14. The molecule has 6 aliphatic rings. The van der Waals surface area contributed by atoms with Crippen molar-refractivity contribution >= 4 is 15.9 Å². The highest BCUT2D eigenvalue weighted by Gasteiger charge is 2.87. The van der Waals surface area contributed by atoms with Crippen molar-refractivity contribution < 1.29 is 37.5 Å². The molecule has 2 aliphatic heterocycles. The van der Waals surface area contributed by atoms with Crippen LogP contribution in [0.2, 0.25) is 0 Å². The van der Waals surface area contributed by atoms with Gasteiger partial charge in [0.25, 0.3) is 10.1 Å². The number of ether oxygens (including phenoxy) is 1. The second kappa shape index (κ2) is 5.74. The van der Waals surface area contributed by atoms with Gasteiger partial charge in [-0.3, -0.25) is 8.98 Å². The van der Waals surface area contributed by atoms with E-state index in [1.54, 1.807) is 0 Å². The van der Waals surface area contributed by atoms with Crippen molar-refractivity contribution in [2.24, 2.45) is 34.0 Å². The summed E-state index contributed by atoms with van der Waals surface area (Å²) in [6.07, 6.45) is -0.583. The van der Waals surface area contributed by atoms with Crippen molar-refractivity contribution in [1.82, 2.24) is 0 Å².